The molecule has 1 aliphatic rings. The molecule has 0 fully saturated rings. The molecule has 3 rings (SSSR count). The number of thiazole rings is 1. The summed E-state index contributed by atoms with van der Waals surface area (Å²) in [7, 11) is 0. The highest BCUT2D eigenvalue weighted by atomic mass is 32.1. The third-order valence-corrected chi connectivity index (χ3v) is 5.33. The maximum absolute atomic E-state index is 12.4. The molecule has 1 heterocycles. The zero-order chi connectivity index (χ0) is 16.9. The van der Waals surface area contributed by atoms with Gasteiger partial charge in [-0.15, -0.1) is 11.3 Å². The minimum absolute atomic E-state index is 0.116. The van der Waals surface area contributed by atoms with Crippen molar-refractivity contribution >= 4 is 22.4 Å². The van der Waals surface area contributed by atoms with Crippen LogP contribution in [-0.4, -0.2) is 17.5 Å². The molecule has 0 bridgehead atoms. The molecule has 1 aromatic heterocycles. The van der Waals surface area contributed by atoms with Crippen LogP contribution in [0.15, 0.2) is 24.3 Å². The third kappa shape index (κ3) is 4.15. The standard InChI is InChI=1S/C19H24N2O2S/c1-3-4-11-23-15-8-6-14(7-9-15)18(22)21-19-20-16-10-5-13(2)12-17(16)24-19/h6-9,13H,3-5,10-12H2,1-2H3,(H,20,21,22)/t13-/m0/s1. The normalized spacial score (nSPS) is 16.5. The number of aromatic nitrogens is 1. The first-order chi connectivity index (χ1) is 11.7. The van der Waals surface area contributed by atoms with Crippen LogP contribution in [0.3, 0.4) is 0 Å². The molecule has 0 spiro atoms. The molecule has 1 amide bonds. The zero-order valence-corrected chi connectivity index (χ0v) is 15.1. The van der Waals surface area contributed by atoms with Crippen LogP contribution >= 0.6 is 11.3 Å². The molecule has 0 aliphatic heterocycles. The van der Waals surface area contributed by atoms with E-state index in [-0.39, 0.29) is 5.91 Å². The van der Waals surface area contributed by atoms with Crippen LogP contribution in [0.5, 0.6) is 5.75 Å². The Bertz CT molecular complexity index is 694. The number of carbonyl (C=O) groups is 1. The monoisotopic (exact) mass is 344 g/mol. The summed E-state index contributed by atoms with van der Waals surface area (Å²) in [5.41, 5.74) is 1.78. The Kier molecular flexibility index (Phi) is 5.51. The number of rotatable bonds is 6. The van der Waals surface area contributed by atoms with Crippen molar-refractivity contribution in [2.45, 2.75) is 46.0 Å². The quantitative estimate of drug-likeness (QED) is 0.773. The number of aryl methyl sites for hydroxylation is 1. The van der Waals surface area contributed by atoms with Crippen molar-refractivity contribution < 1.29 is 9.53 Å². The first kappa shape index (κ1) is 17.0. The van der Waals surface area contributed by atoms with Gasteiger partial charge in [-0.2, -0.15) is 0 Å². The summed E-state index contributed by atoms with van der Waals surface area (Å²) in [4.78, 5) is 18.3. The van der Waals surface area contributed by atoms with Crippen LogP contribution in [0, 0.1) is 5.92 Å². The molecular weight excluding hydrogens is 320 g/mol. The van der Waals surface area contributed by atoms with Gasteiger partial charge in [-0.05, 0) is 55.9 Å². The largest absolute Gasteiger partial charge is 0.494 e. The van der Waals surface area contributed by atoms with Crippen molar-refractivity contribution in [3.63, 3.8) is 0 Å². The van der Waals surface area contributed by atoms with Crippen molar-refractivity contribution in [3.8, 4) is 5.75 Å². The number of nitrogens with one attached hydrogen (secondary N) is 1. The second-order valence-electron chi connectivity index (χ2n) is 6.42. The topological polar surface area (TPSA) is 51.2 Å². The fourth-order valence-corrected chi connectivity index (χ4v) is 3.97. The average Bonchev–Trinajstić information content (AvgIpc) is 2.97. The highest BCUT2D eigenvalue weighted by Gasteiger charge is 2.20. The van der Waals surface area contributed by atoms with E-state index in [0.29, 0.717) is 23.2 Å². The van der Waals surface area contributed by atoms with Gasteiger partial charge in [0.15, 0.2) is 5.13 Å². The van der Waals surface area contributed by atoms with Gasteiger partial charge >= 0.3 is 0 Å². The summed E-state index contributed by atoms with van der Waals surface area (Å²) in [5.74, 6) is 1.40. The minimum atomic E-state index is -0.116. The Morgan fingerprint density at radius 1 is 1.38 bits per heavy atom. The van der Waals surface area contributed by atoms with E-state index in [4.69, 9.17) is 4.74 Å². The molecule has 1 aliphatic carbocycles. The highest BCUT2D eigenvalue weighted by molar-refractivity contribution is 7.15. The van der Waals surface area contributed by atoms with Crippen molar-refractivity contribution in [3.05, 3.63) is 40.4 Å². The van der Waals surface area contributed by atoms with Crippen LogP contribution in [0.25, 0.3) is 0 Å². The molecule has 128 valence electrons. The lowest BCUT2D eigenvalue weighted by molar-refractivity contribution is 0.102. The fraction of sp³-hybridized carbons (Fsp3) is 0.474. The fourth-order valence-electron chi connectivity index (χ4n) is 2.80. The lowest BCUT2D eigenvalue weighted by Gasteiger charge is -2.15. The second kappa shape index (κ2) is 7.79. The molecule has 2 aromatic rings. The Balaban J connectivity index is 1.60. The van der Waals surface area contributed by atoms with Gasteiger partial charge in [-0.25, -0.2) is 4.98 Å². The Labute approximate surface area is 147 Å². The number of nitrogens with zero attached hydrogens (tertiary/aromatic N) is 1. The second-order valence-corrected chi connectivity index (χ2v) is 7.50. The summed E-state index contributed by atoms with van der Waals surface area (Å²) in [6.45, 7) is 5.12. The molecule has 1 aromatic carbocycles. The lowest BCUT2D eigenvalue weighted by Crippen LogP contribution is -2.12. The summed E-state index contributed by atoms with van der Waals surface area (Å²) in [5, 5.41) is 3.64. The van der Waals surface area contributed by atoms with Gasteiger partial charge in [-0.1, -0.05) is 20.3 Å². The molecule has 0 radical (unpaired) electrons. The van der Waals surface area contributed by atoms with E-state index in [1.54, 1.807) is 23.5 Å². The van der Waals surface area contributed by atoms with Crippen molar-refractivity contribution in [2.75, 3.05) is 11.9 Å². The summed E-state index contributed by atoms with van der Waals surface area (Å²) in [6.07, 6.45) is 5.43. The van der Waals surface area contributed by atoms with Crippen LogP contribution in [0.2, 0.25) is 0 Å². The van der Waals surface area contributed by atoms with E-state index < -0.39 is 0 Å². The highest BCUT2D eigenvalue weighted by Crippen LogP contribution is 2.32. The van der Waals surface area contributed by atoms with Gasteiger partial charge in [0.1, 0.15) is 5.75 Å². The van der Waals surface area contributed by atoms with E-state index in [9.17, 15) is 4.79 Å². The van der Waals surface area contributed by atoms with Gasteiger partial charge in [-0.3, -0.25) is 10.1 Å². The van der Waals surface area contributed by atoms with Crippen molar-refractivity contribution in [1.82, 2.24) is 4.98 Å². The molecule has 0 saturated carbocycles. The number of ether oxygens (including phenoxy) is 1. The van der Waals surface area contributed by atoms with E-state index in [1.165, 1.54) is 11.3 Å². The molecule has 5 heteroatoms. The van der Waals surface area contributed by atoms with Gasteiger partial charge in [0, 0.05) is 10.4 Å². The smallest absolute Gasteiger partial charge is 0.257 e. The van der Waals surface area contributed by atoms with Crippen molar-refractivity contribution in [1.29, 1.82) is 0 Å². The number of anilines is 1. The van der Waals surface area contributed by atoms with E-state index >= 15 is 0 Å². The van der Waals surface area contributed by atoms with Crippen molar-refractivity contribution in [2.24, 2.45) is 5.92 Å². The third-order valence-electron chi connectivity index (χ3n) is 4.29. The summed E-state index contributed by atoms with van der Waals surface area (Å²) >= 11 is 1.61. The molecular formula is C19H24N2O2S. The van der Waals surface area contributed by atoms with E-state index in [1.807, 2.05) is 12.1 Å². The maximum atomic E-state index is 12.4. The Hall–Kier alpha value is -1.88. The van der Waals surface area contributed by atoms with Gasteiger partial charge < -0.3 is 4.74 Å². The van der Waals surface area contributed by atoms with E-state index in [2.05, 4.69) is 24.1 Å². The Morgan fingerprint density at radius 2 is 2.17 bits per heavy atom. The molecule has 4 nitrogen and oxygen atoms in total. The number of benzene rings is 1. The first-order valence-electron chi connectivity index (χ1n) is 8.68. The molecule has 1 N–H and O–H groups in total. The number of hydrogen-bond donors (Lipinski definition) is 1. The zero-order valence-electron chi connectivity index (χ0n) is 14.3. The molecule has 24 heavy (non-hydrogen) atoms. The predicted octanol–water partition coefficient (Wildman–Crippen LogP) is 4.70. The van der Waals surface area contributed by atoms with Gasteiger partial charge in [0.05, 0.1) is 12.3 Å². The number of amides is 1. The molecule has 1 atom stereocenters. The van der Waals surface area contributed by atoms with Crippen LogP contribution in [0.4, 0.5) is 5.13 Å². The Morgan fingerprint density at radius 3 is 2.92 bits per heavy atom. The predicted molar refractivity (Wildman–Crippen MR) is 98.1 cm³/mol. The maximum Gasteiger partial charge on any atom is 0.257 e. The number of carbonyl (C=O) groups excluding carboxylic acids is 1. The van der Waals surface area contributed by atoms with Gasteiger partial charge in [0.25, 0.3) is 5.91 Å². The van der Waals surface area contributed by atoms with Crippen LogP contribution in [-0.2, 0) is 12.8 Å². The minimum Gasteiger partial charge on any atom is -0.494 e. The summed E-state index contributed by atoms with van der Waals surface area (Å²) < 4.78 is 5.62. The number of fused-ring (bicyclic) bond motifs is 1. The number of unbranched alkanes of at least 4 members (excludes halogenated alkanes) is 1. The SMILES string of the molecule is CCCCOc1ccc(C(=O)Nc2nc3c(s2)C[C@@H](C)CC3)cc1. The van der Waals surface area contributed by atoms with E-state index in [0.717, 1.165) is 37.1 Å². The average molecular weight is 344 g/mol. The molecule has 0 unspecified atom stereocenters. The van der Waals surface area contributed by atoms with Crippen LogP contribution in [0.1, 0.15) is 54.0 Å². The number of hydrogen-bond acceptors (Lipinski definition) is 4. The lowest BCUT2D eigenvalue weighted by atomic mass is 9.93. The van der Waals surface area contributed by atoms with Gasteiger partial charge in [0.2, 0.25) is 0 Å². The first-order valence-corrected chi connectivity index (χ1v) is 9.50. The van der Waals surface area contributed by atoms with Crippen LogP contribution < -0.4 is 10.1 Å². The molecule has 0 saturated heterocycles. The summed E-state index contributed by atoms with van der Waals surface area (Å²) in [6, 6.07) is 7.29.